The molecule has 16 heavy (non-hydrogen) atoms. The van der Waals surface area contributed by atoms with Gasteiger partial charge in [0.05, 0.1) is 18.8 Å². The van der Waals surface area contributed by atoms with Crippen molar-refractivity contribution in [3.8, 4) is 6.07 Å². The van der Waals surface area contributed by atoms with Crippen molar-refractivity contribution in [2.24, 2.45) is 5.41 Å². The summed E-state index contributed by atoms with van der Waals surface area (Å²) >= 11 is 0. The Morgan fingerprint density at radius 3 is 2.62 bits per heavy atom. The molecule has 0 radical (unpaired) electrons. The van der Waals surface area contributed by atoms with E-state index in [1.807, 2.05) is 0 Å². The number of aliphatic hydroxyl groups excluding tert-OH is 1. The highest BCUT2D eigenvalue weighted by molar-refractivity contribution is 5.24. The molecule has 2 atom stereocenters. The summed E-state index contributed by atoms with van der Waals surface area (Å²) in [6.07, 6.45) is -0.428. The lowest BCUT2D eigenvalue weighted by molar-refractivity contribution is 0.0503. The number of benzene rings is 1. The zero-order valence-electron chi connectivity index (χ0n) is 8.69. The van der Waals surface area contributed by atoms with E-state index < -0.39 is 11.5 Å². The molecule has 1 saturated heterocycles. The molecule has 3 nitrogen and oxygen atoms in total. The van der Waals surface area contributed by atoms with Crippen molar-refractivity contribution in [2.45, 2.75) is 12.5 Å². The molecule has 1 N–H and O–H groups in total. The Morgan fingerprint density at radius 1 is 1.44 bits per heavy atom. The Labute approximate surface area is 93.1 Å². The number of rotatable bonds is 2. The summed E-state index contributed by atoms with van der Waals surface area (Å²) in [5.74, 6) is -0.357. The molecule has 0 aromatic heterocycles. The number of nitrogens with zero attached hydrogens (tertiary/aromatic N) is 1. The normalized spacial score (nSPS) is 26.3. The summed E-state index contributed by atoms with van der Waals surface area (Å²) in [7, 11) is 0. The molecule has 1 aromatic carbocycles. The lowest BCUT2D eigenvalue weighted by Gasteiger charge is -2.25. The summed E-state index contributed by atoms with van der Waals surface area (Å²) < 4.78 is 17.9. The van der Waals surface area contributed by atoms with Gasteiger partial charge in [-0.15, -0.1) is 0 Å². The van der Waals surface area contributed by atoms with Gasteiger partial charge < -0.3 is 9.84 Å². The van der Waals surface area contributed by atoms with E-state index in [2.05, 4.69) is 6.07 Å². The summed E-state index contributed by atoms with van der Waals surface area (Å²) in [5, 5.41) is 19.3. The summed E-state index contributed by atoms with van der Waals surface area (Å²) in [4.78, 5) is 0. The summed E-state index contributed by atoms with van der Waals surface area (Å²) in [6.45, 7) is 0.702. The molecule has 1 aliphatic rings. The molecule has 2 unspecified atom stereocenters. The van der Waals surface area contributed by atoms with E-state index in [0.29, 0.717) is 18.6 Å². The maximum Gasteiger partial charge on any atom is 0.123 e. The van der Waals surface area contributed by atoms with Crippen LogP contribution in [0.15, 0.2) is 24.3 Å². The van der Waals surface area contributed by atoms with E-state index in [4.69, 9.17) is 10.00 Å². The van der Waals surface area contributed by atoms with Gasteiger partial charge in [-0.1, -0.05) is 12.1 Å². The third kappa shape index (κ3) is 1.80. The molecular weight excluding hydrogens is 209 g/mol. The number of hydrogen-bond donors (Lipinski definition) is 1. The minimum absolute atomic E-state index is 0.224. The predicted molar refractivity (Wildman–Crippen MR) is 54.8 cm³/mol. The first-order valence-corrected chi connectivity index (χ1v) is 5.10. The van der Waals surface area contributed by atoms with E-state index in [0.717, 1.165) is 0 Å². The van der Waals surface area contributed by atoms with Gasteiger partial charge in [-0.2, -0.15) is 5.26 Å². The summed E-state index contributed by atoms with van der Waals surface area (Å²) in [5.41, 5.74) is -0.342. The molecule has 0 aliphatic carbocycles. The number of aliphatic hydroxyl groups is 1. The first kappa shape index (κ1) is 11.1. The minimum atomic E-state index is -0.930. The zero-order valence-corrected chi connectivity index (χ0v) is 8.69. The molecule has 0 saturated carbocycles. The van der Waals surface area contributed by atoms with Gasteiger partial charge in [-0.25, -0.2) is 4.39 Å². The Hall–Kier alpha value is -1.44. The van der Waals surface area contributed by atoms with Crippen molar-refractivity contribution in [1.29, 1.82) is 5.26 Å². The van der Waals surface area contributed by atoms with Crippen LogP contribution in [0.1, 0.15) is 18.1 Å². The van der Waals surface area contributed by atoms with Crippen LogP contribution in [0.25, 0.3) is 0 Å². The largest absolute Gasteiger partial charge is 0.387 e. The summed E-state index contributed by atoms with van der Waals surface area (Å²) in [6, 6.07) is 7.67. The Kier molecular flexibility index (Phi) is 2.90. The Bertz CT molecular complexity index is 404. The fourth-order valence-electron chi connectivity index (χ4n) is 1.91. The van der Waals surface area contributed by atoms with Gasteiger partial charge in [0, 0.05) is 6.61 Å². The van der Waals surface area contributed by atoms with E-state index in [1.54, 1.807) is 0 Å². The van der Waals surface area contributed by atoms with Gasteiger partial charge in [0.25, 0.3) is 0 Å². The molecule has 1 aromatic rings. The molecule has 4 heteroatoms. The van der Waals surface area contributed by atoms with Gasteiger partial charge in [0.15, 0.2) is 0 Å². The first-order chi connectivity index (χ1) is 7.68. The fourth-order valence-corrected chi connectivity index (χ4v) is 1.91. The number of hydrogen-bond acceptors (Lipinski definition) is 3. The highest BCUT2D eigenvalue weighted by Gasteiger charge is 2.42. The Balaban J connectivity index is 2.27. The van der Waals surface area contributed by atoms with Gasteiger partial charge in [-0.3, -0.25) is 0 Å². The molecule has 1 fully saturated rings. The van der Waals surface area contributed by atoms with Crippen LogP contribution in [0, 0.1) is 22.6 Å². The molecule has 0 amide bonds. The van der Waals surface area contributed by atoms with Gasteiger partial charge in [0.1, 0.15) is 11.2 Å². The Morgan fingerprint density at radius 2 is 2.12 bits per heavy atom. The smallest absolute Gasteiger partial charge is 0.123 e. The van der Waals surface area contributed by atoms with Crippen LogP contribution in [0.5, 0.6) is 0 Å². The van der Waals surface area contributed by atoms with E-state index in [9.17, 15) is 9.50 Å². The van der Waals surface area contributed by atoms with Crippen molar-refractivity contribution in [3.05, 3.63) is 35.6 Å². The highest BCUT2D eigenvalue weighted by Crippen LogP contribution is 2.40. The predicted octanol–water partition coefficient (Wildman–Crippen LogP) is 1.79. The minimum Gasteiger partial charge on any atom is -0.387 e. The molecule has 1 heterocycles. The van der Waals surface area contributed by atoms with Crippen molar-refractivity contribution < 1.29 is 14.2 Å². The topological polar surface area (TPSA) is 53.2 Å². The number of halogens is 1. The van der Waals surface area contributed by atoms with Crippen LogP contribution < -0.4 is 0 Å². The van der Waals surface area contributed by atoms with E-state index in [1.165, 1.54) is 24.3 Å². The second-order valence-electron chi connectivity index (χ2n) is 4.02. The van der Waals surface area contributed by atoms with Crippen molar-refractivity contribution in [2.75, 3.05) is 13.2 Å². The third-order valence-corrected chi connectivity index (χ3v) is 2.98. The quantitative estimate of drug-likeness (QED) is 0.828. The van der Waals surface area contributed by atoms with Crippen molar-refractivity contribution in [3.63, 3.8) is 0 Å². The maximum atomic E-state index is 12.7. The second-order valence-corrected chi connectivity index (χ2v) is 4.02. The third-order valence-electron chi connectivity index (χ3n) is 2.98. The standard InChI is InChI=1S/C12H12FNO2/c13-10-3-1-9(2-4-10)11(15)12(7-14)5-6-16-8-12/h1-4,11,15H,5-6,8H2. The lowest BCUT2D eigenvalue weighted by Crippen LogP contribution is -2.27. The van der Waals surface area contributed by atoms with Crippen LogP contribution in [0.2, 0.25) is 0 Å². The average Bonchev–Trinajstić information content (AvgIpc) is 2.79. The van der Waals surface area contributed by atoms with E-state index >= 15 is 0 Å². The van der Waals surface area contributed by atoms with Gasteiger partial charge >= 0.3 is 0 Å². The van der Waals surface area contributed by atoms with Crippen molar-refractivity contribution >= 4 is 0 Å². The van der Waals surface area contributed by atoms with Crippen LogP contribution in [-0.4, -0.2) is 18.3 Å². The first-order valence-electron chi connectivity index (χ1n) is 5.10. The lowest BCUT2D eigenvalue weighted by atomic mass is 9.79. The van der Waals surface area contributed by atoms with Crippen molar-refractivity contribution in [1.82, 2.24) is 0 Å². The molecule has 0 bridgehead atoms. The monoisotopic (exact) mass is 221 g/mol. The molecular formula is C12H12FNO2. The zero-order chi connectivity index (χ0) is 11.6. The van der Waals surface area contributed by atoms with Crippen LogP contribution in [0.3, 0.4) is 0 Å². The molecule has 84 valence electrons. The van der Waals surface area contributed by atoms with Crippen LogP contribution >= 0.6 is 0 Å². The average molecular weight is 221 g/mol. The van der Waals surface area contributed by atoms with E-state index in [-0.39, 0.29) is 12.4 Å². The molecule has 1 aliphatic heterocycles. The van der Waals surface area contributed by atoms with Gasteiger partial charge in [0.2, 0.25) is 0 Å². The van der Waals surface area contributed by atoms with Gasteiger partial charge in [-0.05, 0) is 24.1 Å². The van der Waals surface area contributed by atoms with Crippen LogP contribution in [0.4, 0.5) is 4.39 Å². The highest BCUT2D eigenvalue weighted by atomic mass is 19.1. The number of ether oxygens (including phenoxy) is 1. The SMILES string of the molecule is N#CC1(C(O)c2ccc(F)cc2)CCOC1. The fraction of sp³-hybridized carbons (Fsp3) is 0.417. The number of nitriles is 1. The second kappa shape index (κ2) is 4.20. The molecule has 0 spiro atoms. The molecule has 2 rings (SSSR count). The van der Waals surface area contributed by atoms with Crippen LogP contribution in [-0.2, 0) is 4.74 Å². The maximum absolute atomic E-state index is 12.7.